The average molecular weight is 397 g/mol. The van der Waals surface area contributed by atoms with Crippen molar-refractivity contribution in [2.45, 2.75) is 27.2 Å². The van der Waals surface area contributed by atoms with Gasteiger partial charge < -0.3 is 20.9 Å². The van der Waals surface area contributed by atoms with E-state index >= 15 is 0 Å². The second-order valence-corrected chi connectivity index (χ2v) is 6.86. The molecule has 0 bridgehead atoms. The predicted octanol–water partition coefficient (Wildman–Crippen LogP) is 1.69. The monoisotopic (exact) mass is 397 g/mol. The average Bonchev–Trinajstić information content (AvgIpc) is 2.69. The molecule has 7 nitrogen and oxygen atoms in total. The Morgan fingerprint density at radius 2 is 1.14 bits per heavy atom. The van der Waals surface area contributed by atoms with Crippen molar-refractivity contribution in [3.05, 3.63) is 54.1 Å². The van der Waals surface area contributed by atoms with Crippen LogP contribution in [0.1, 0.15) is 26.3 Å². The van der Waals surface area contributed by atoms with E-state index in [1.807, 2.05) is 31.2 Å². The number of nitrogens with one attached hydrogen (secondary N) is 4. The number of hydrogen-bond donors (Lipinski definition) is 4. The summed E-state index contributed by atoms with van der Waals surface area (Å²) in [4.78, 5) is 36.5. The third-order valence-electron chi connectivity index (χ3n) is 4.46. The van der Waals surface area contributed by atoms with Crippen molar-refractivity contribution in [2.24, 2.45) is 0 Å². The summed E-state index contributed by atoms with van der Waals surface area (Å²) in [5, 5.41) is 8.37. The number of likely N-dealkylation sites (N-methyl/N-ethyl adjacent to an activating group) is 1. The molecule has 1 atom stereocenters. The Kier molecular flexibility index (Phi) is 8.36. The SMILES string of the molecule is CCc1ccc(NC(=O)C[NH+](CC)CC(=O)Nc2ccc(NC(C)=O)cc2)cc1. The summed E-state index contributed by atoms with van der Waals surface area (Å²) in [5.41, 5.74) is 3.27. The number of carbonyl (C=O) groups excluding carboxylic acids is 3. The lowest BCUT2D eigenvalue weighted by molar-refractivity contribution is -0.881. The zero-order chi connectivity index (χ0) is 21.2. The van der Waals surface area contributed by atoms with E-state index in [0.717, 1.165) is 17.0 Å². The van der Waals surface area contributed by atoms with E-state index in [-0.39, 0.29) is 30.8 Å². The maximum atomic E-state index is 12.3. The van der Waals surface area contributed by atoms with Crippen LogP contribution in [0.3, 0.4) is 0 Å². The summed E-state index contributed by atoms with van der Waals surface area (Å²) in [7, 11) is 0. The summed E-state index contributed by atoms with van der Waals surface area (Å²) in [5.74, 6) is -0.448. The number of carbonyl (C=O) groups is 3. The third kappa shape index (κ3) is 7.75. The molecule has 3 amide bonds. The highest BCUT2D eigenvalue weighted by Gasteiger charge is 2.17. The summed E-state index contributed by atoms with van der Waals surface area (Å²) in [6.07, 6.45) is 0.951. The minimum Gasteiger partial charge on any atom is -0.326 e. The standard InChI is InChI=1S/C22H28N4O3/c1-4-17-6-8-19(9-7-17)24-21(28)14-26(5-2)15-22(29)25-20-12-10-18(11-13-20)23-16(3)27/h6-13H,4-5,14-15H2,1-3H3,(H,23,27)(H,24,28)(H,25,29)/p+1. The van der Waals surface area contributed by atoms with Crippen LogP contribution in [-0.4, -0.2) is 37.4 Å². The molecule has 0 heterocycles. The lowest BCUT2D eigenvalue weighted by Gasteiger charge is -2.17. The number of benzene rings is 2. The molecule has 0 aliphatic carbocycles. The summed E-state index contributed by atoms with van der Waals surface area (Å²) < 4.78 is 0. The maximum Gasteiger partial charge on any atom is 0.279 e. The molecule has 29 heavy (non-hydrogen) atoms. The number of quaternary nitrogens is 1. The second kappa shape index (κ2) is 11.0. The minimum atomic E-state index is -0.172. The summed E-state index contributed by atoms with van der Waals surface area (Å²) in [6, 6.07) is 14.6. The number of aryl methyl sites for hydroxylation is 1. The molecule has 2 rings (SSSR count). The van der Waals surface area contributed by atoms with Crippen LogP contribution in [0, 0.1) is 0 Å². The fourth-order valence-corrected chi connectivity index (χ4v) is 2.84. The van der Waals surface area contributed by atoms with E-state index in [1.165, 1.54) is 12.5 Å². The van der Waals surface area contributed by atoms with Crippen LogP contribution in [0.5, 0.6) is 0 Å². The molecule has 7 heteroatoms. The number of anilines is 3. The Morgan fingerprint density at radius 1 is 0.724 bits per heavy atom. The van der Waals surface area contributed by atoms with Crippen molar-refractivity contribution in [3.8, 4) is 0 Å². The topological polar surface area (TPSA) is 91.7 Å². The van der Waals surface area contributed by atoms with Crippen molar-refractivity contribution < 1.29 is 19.3 Å². The van der Waals surface area contributed by atoms with Crippen molar-refractivity contribution in [3.63, 3.8) is 0 Å². The van der Waals surface area contributed by atoms with E-state index in [1.54, 1.807) is 24.3 Å². The highest BCUT2D eigenvalue weighted by Crippen LogP contribution is 2.13. The van der Waals surface area contributed by atoms with Crippen LogP contribution in [-0.2, 0) is 20.8 Å². The molecule has 0 saturated heterocycles. The molecular formula is C22H29N4O3+. The molecule has 2 aromatic rings. The lowest BCUT2D eigenvalue weighted by Crippen LogP contribution is -3.13. The molecule has 0 aliphatic heterocycles. The van der Waals surface area contributed by atoms with Crippen LogP contribution in [0.15, 0.2) is 48.5 Å². The Bertz CT molecular complexity index is 832. The third-order valence-corrected chi connectivity index (χ3v) is 4.46. The highest BCUT2D eigenvalue weighted by atomic mass is 16.2. The first-order chi connectivity index (χ1) is 13.9. The molecular weight excluding hydrogens is 368 g/mol. The lowest BCUT2D eigenvalue weighted by atomic mass is 10.1. The predicted molar refractivity (Wildman–Crippen MR) is 115 cm³/mol. The smallest absolute Gasteiger partial charge is 0.279 e. The fourth-order valence-electron chi connectivity index (χ4n) is 2.84. The Balaban J connectivity index is 1.83. The first-order valence-corrected chi connectivity index (χ1v) is 9.79. The second-order valence-electron chi connectivity index (χ2n) is 6.86. The fraction of sp³-hybridized carbons (Fsp3) is 0.318. The van der Waals surface area contributed by atoms with Crippen LogP contribution >= 0.6 is 0 Å². The molecule has 1 unspecified atom stereocenters. The molecule has 0 radical (unpaired) electrons. The van der Waals surface area contributed by atoms with Gasteiger partial charge in [-0.25, -0.2) is 0 Å². The van der Waals surface area contributed by atoms with Gasteiger partial charge in [-0.2, -0.15) is 0 Å². The van der Waals surface area contributed by atoms with E-state index in [2.05, 4.69) is 22.9 Å². The normalized spacial score (nSPS) is 11.4. The van der Waals surface area contributed by atoms with Crippen LogP contribution in [0.2, 0.25) is 0 Å². The van der Waals surface area contributed by atoms with Crippen LogP contribution in [0.4, 0.5) is 17.1 Å². The van der Waals surface area contributed by atoms with Crippen molar-refractivity contribution in [2.75, 3.05) is 35.6 Å². The number of rotatable bonds is 9. The van der Waals surface area contributed by atoms with E-state index in [4.69, 9.17) is 0 Å². The van der Waals surface area contributed by atoms with Gasteiger partial charge in [0, 0.05) is 24.0 Å². The van der Waals surface area contributed by atoms with Crippen LogP contribution < -0.4 is 20.9 Å². The van der Waals surface area contributed by atoms with Gasteiger partial charge in [-0.1, -0.05) is 19.1 Å². The Labute approximate surface area is 171 Å². The van der Waals surface area contributed by atoms with E-state index in [9.17, 15) is 14.4 Å². The summed E-state index contributed by atoms with van der Waals surface area (Å²) >= 11 is 0. The Morgan fingerprint density at radius 3 is 1.52 bits per heavy atom. The number of amides is 3. The summed E-state index contributed by atoms with van der Waals surface area (Å²) in [6.45, 7) is 6.50. The zero-order valence-corrected chi connectivity index (χ0v) is 17.2. The highest BCUT2D eigenvalue weighted by molar-refractivity contribution is 5.93. The van der Waals surface area contributed by atoms with Gasteiger partial charge >= 0.3 is 0 Å². The number of hydrogen-bond acceptors (Lipinski definition) is 3. The van der Waals surface area contributed by atoms with Gasteiger partial charge in [-0.15, -0.1) is 0 Å². The molecule has 0 fully saturated rings. The molecule has 0 aromatic heterocycles. The van der Waals surface area contributed by atoms with E-state index < -0.39 is 0 Å². The van der Waals surface area contributed by atoms with Gasteiger partial charge in [-0.05, 0) is 55.3 Å². The van der Waals surface area contributed by atoms with Crippen molar-refractivity contribution >= 4 is 34.8 Å². The van der Waals surface area contributed by atoms with E-state index in [0.29, 0.717) is 17.9 Å². The van der Waals surface area contributed by atoms with Gasteiger partial charge in [0.05, 0.1) is 6.54 Å². The Hall–Kier alpha value is -3.19. The minimum absolute atomic E-state index is 0.126. The molecule has 0 spiro atoms. The molecule has 4 N–H and O–H groups in total. The first-order valence-electron chi connectivity index (χ1n) is 9.79. The molecule has 0 aliphatic rings. The van der Waals surface area contributed by atoms with Crippen LogP contribution in [0.25, 0.3) is 0 Å². The molecule has 154 valence electrons. The maximum absolute atomic E-state index is 12.3. The van der Waals surface area contributed by atoms with Gasteiger partial charge in [0.2, 0.25) is 5.91 Å². The largest absolute Gasteiger partial charge is 0.326 e. The first kappa shape index (κ1) is 22.1. The quantitative estimate of drug-likeness (QED) is 0.519. The zero-order valence-electron chi connectivity index (χ0n) is 17.2. The van der Waals surface area contributed by atoms with Gasteiger partial charge in [0.1, 0.15) is 0 Å². The molecule has 2 aromatic carbocycles. The van der Waals surface area contributed by atoms with Gasteiger partial charge in [0.15, 0.2) is 13.1 Å². The molecule has 0 saturated carbocycles. The van der Waals surface area contributed by atoms with Gasteiger partial charge in [0.25, 0.3) is 11.8 Å². The van der Waals surface area contributed by atoms with Crippen molar-refractivity contribution in [1.29, 1.82) is 0 Å². The van der Waals surface area contributed by atoms with Crippen molar-refractivity contribution in [1.82, 2.24) is 0 Å². The van der Waals surface area contributed by atoms with Gasteiger partial charge in [-0.3, -0.25) is 14.4 Å².